The molecule has 0 spiro atoms. The molecule has 0 unspecified atom stereocenters. The van der Waals surface area contributed by atoms with Crippen LogP contribution >= 0.6 is 0 Å². The summed E-state index contributed by atoms with van der Waals surface area (Å²) in [6, 6.07) is 14.9. The zero-order valence-electron chi connectivity index (χ0n) is 14.2. The van der Waals surface area contributed by atoms with Gasteiger partial charge < -0.3 is 19.3 Å². The molecule has 3 aromatic rings. The number of amides is 1. The first-order valence-electron chi connectivity index (χ1n) is 8.27. The number of hydrogen-bond donors (Lipinski definition) is 0. The van der Waals surface area contributed by atoms with Crippen LogP contribution in [-0.4, -0.2) is 29.7 Å². The van der Waals surface area contributed by atoms with Gasteiger partial charge in [0.15, 0.2) is 5.95 Å². The van der Waals surface area contributed by atoms with Crippen molar-refractivity contribution in [1.29, 1.82) is 0 Å². The van der Waals surface area contributed by atoms with Crippen molar-refractivity contribution in [1.82, 2.24) is 10.2 Å². The number of rotatable bonds is 3. The fourth-order valence-corrected chi connectivity index (χ4v) is 3.14. The molecule has 26 heavy (non-hydrogen) atoms. The number of nitrogens with zero attached hydrogens (tertiary/aromatic N) is 3. The van der Waals surface area contributed by atoms with E-state index in [0.717, 1.165) is 12.0 Å². The van der Waals surface area contributed by atoms with E-state index in [-0.39, 0.29) is 11.6 Å². The van der Waals surface area contributed by atoms with Gasteiger partial charge in [0.05, 0.1) is 12.4 Å². The number of ether oxygens (including phenoxy) is 1. The van der Waals surface area contributed by atoms with Crippen molar-refractivity contribution >= 4 is 5.91 Å². The molecule has 7 heteroatoms. The lowest BCUT2D eigenvalue weighted by atomic mass is 10.00. The number of fused-ring (bicyclic) bond motifs is 1. The zero-order chi connectivity index (χ0) is 18.1. The van der Waals surface area contributed by atoms with E-state index < -0.39 is 5.95 Å². The van der Waals surface area contributed by atoms with E-state index in [4.69, 9.17) is 9.26 Å². The predicted molar refractivity (Wildman–Crippen MR) is 88.9 cm³/mol. The van der Waals surface area contributed by atoms with E-state index in [2.05, 4.69) is 11.3 Å². The zero-order valence-corrected chi connectivity index (χ0v) is 14.2. The van der Waals surface area contributed by atoms with Crippen LogP contribution in [0.3, 0.4) is 0 Å². The average Bonchev–Trinajstić information content (AvgIpc) is 3.08. The number of carbonyl (C=O) groups excluding carboxylic acids is 1. The van der Waals surface area contributed by atoms with Crippen LogP contribution in [0.2, 0.25) is 0 Å². The summed E-state index contributed by atoms with van der Waals surface area (Å²) in [4.78, 5) is 14.6. The van der Waals surface area contributed by atoms with Gasteiger partial charge in [0.25, 0.3) is 0 Å². The molecule has 0 atom stereocenters. The van der Waals surface area contributed by atoms with Gasteiger partial charge in [0, 0.05) is 25.2 Å². The summed E-state index contributed by atoms with van der Waals surface area (Å²) in [6.45, 7) is 1.01. The SMILES string of the molecule is COc1ccc(-[n+]2noc([O-])c2C(=O)N2CCc3ccccc3C2)cc1. The maximum Gasteiger partial charge on any atom is 0.327 e. The lowest BCUT2D eigenvalue weighted by Crippen LogP contribution is -2.45. The Labute approximate surface area is 150 Å². The quantitative estimate of drug-likeness (QED) is 0.663. The van der Waals surface area contributed by atoms with Crippen molar-refractivity contribution in [2.45, 2.75) is 13.0 Å². The van der Waals surface area contributed by atoms with Gasteiger partial charge in [0.1, 0.15) is 5.75 Å². The van der Waals surface area contributed by atoms with Crippen molar-refractivity contribution in [2.75, 3.05) is 13.7 Å². The molecule has 1 aromatic heterocycles. The summed E-state index contributed by atoms with van der Waals surface area (Å²) in [5.74, 6) is -0.466. The highest BCUT2D eigenvalue weighted by Crippen LogP contribution is 2.22. The fourth-order valence-electron chi connectivity index (χ4n) is 3.14. The lowest BCUT2D eigenvalue weighted by Gasteiger charge is -2.27. The topological polar surface area (TPSA) is 82.5 Å². The maximum absolute atomic E-state index is 13.0. The number of carbonyl (C=O) groups is 1. The molecule has 0 bridgehead atoms. The summed E-state index contributed by atoms with van der Waals surface area (Å²) < 4.78 is 11.1. The van der Waals surface area contributed by atoms with Crippen molar-refractivity contribution in [3.05, 3.63) is 65.4 Å². The normalized spacial score (nSPS) is 13.3. The van der Waals surface area contributed by atoms with Crippen molar-refractivity contribution in [3.63, 3.8) is 0 Å². The fraction of sp³-hybridized carbons (Fsp3) is 0.211. The second-order valence-corrected chi connectivity index (χ2v) is 6.06. The predicted octanol–water partition coefficient (Wildman–Crippen LogP) is 1.23. The van der Waals surface area contributed by atoms with Crippen LogP contribution < -0.4 is 14.5 Å². The third-order valence-electron chi connectivity index (χ3n) is 4.55. The van der Waals surface area contributed by atoms with Gasteiger partial charge in [0.2, 0.25) is 5.69 Å². The second kappa shape index (κ2) is 6.51. The molecule has 7 nitrogen and oxygen atoms in total. The minimum atomic E-state index is -0.746. The monoisotopic (exact) mass is 351 g/mol. The Morgan fingerprint density at radius 3 is 2.65 bits per heavy atom. The molecule has 0 radical (unpaired) electrons. The summed E-state index contributed by atoms with van der Waals surface area (Å²) in [5, 5.41) is 15.9. The van der Waals surface area contributed by atoms with Crippen molar-refractivity contribution in [2.24, 2.45) is 0 Å². The maximum atomic E-state index is 13.0. The highest BCUT2D eigenvalue weighted by atomic mass is 16.6. The second-order valence-electron chi connectivity index (χ2n) is 6.06. The summed E-state index contributed by atoms with van der Waals surface area (Å²) >= 11 is 0. The molecular formula is C19H17N3O4. The van der Waals surface area contributed by atoms with Crippen molar-refractivity contribution in [3.8, 4) is 17.4 Å². The van der Waals surface area contributed by atoms with Gasteiger partial charge >= 0.3 is 11.6 Å². The summed E-state index contributed by atoms with van der Waals surface area (Å²) in [7, 11) is 1.57. The van der Waals surface area contributed by atoms with E-state index >= 15 is 0 Å². The molecule has 1 aliphatic rings. The van der Waals surface area contributed by atoms with Gasteiger partial charge in [-0.2, -0.15) is 0 Å². The van der Waals surface area contributed by atoms with Crippen LogP contribution in [0.25, 0.3) is 5.69 Å². The Morgan fingerprint density at radius 1 is 1.19 bits per heavy atom. The Balaban J connectivity index is 1.65. The third kappa shape index (κ3) is 2.77. The molecule has 2 aromatic carbocycles. The smallest absolute Gasteiger partial charge is 0.327 e. The first kappa shape index (κ1) is 16.1. The van der Waals surface area contributed by atoms with Gasteiger partial charge in [-0.25, -0.2) is 0 Å². The number of methoxy groups -OCH3 is 1. The van der Waals surface area contributed by atoms with Gasteiger partial charge in [-0.1, -0.05) is 24.3 Å². The van der Waals surface area contributed by atoms with Crippen LogP contribution in [0.5, 0.6) is 11.7 Å². The number of aromatic nitrogens is 2. The molecule has 0 aliphatic carbocycles. The molecule has 0 saturated heterocycles. The summed E-state index contributed by atoms with van der Waals surface area (Å²) in [6.07, 6.45) is 0.754. The van der Waals surface area contributed by atoms with E-state index in [1.54, 1.807) is 36.3 Å². The van der Waals surface area contributed by atoms with Crippen LogP contribution in [0.4, 0.5) is 0 Å². The van der Waals surface area contributed by atoms with Gasteiger partial charge in [-0.15, -0.1) is 0 Å². The molecule has 0 N–H and O–H groups in total. The molecule has 4 rings (SSSR count). The highest BCUT2D eigenvalue weighted by molar-refractivity contribution is 5.92. The van der Waals surface area contributed by atoms with Crippen LogP contribution in [0.1, 0.15) is 21.6 Å². The largest absolute Gasteiger partial charge is 0.538 e. The molecule has 132 valence electrons. The number of hydrogen-bond acceptors (Lipinski definition) is 5. The van der Waals surface area contributed by atoms with Crippen LogP contribution in [0, 0.1) is 0 Å². The van der Waals surface area contributed by atoms with Gasteiger partial charge in [-0.3, -0.25) is 4.79 Å². The van der Waals surface area contributed by atoms with E-state index in [1.165, 1.54) is 10.2 Å². The Hall–Kier alpha value is -3.35. The van der Waals surface area contributed by atoms with Crippen molar-refractivity contribution < 1.29 is 23.8 Å². The highest BCUT2D eigenvalue weighted by Gasteiger charge is 2.33. The lowest BCUT2D eigenvalue weighted by molar-refractivity contribution is -0.672. The first-order chi connectivity index (χ1) is 12.7. The molecule has 1 aliphatic heterocycles. The van der Waals surface area contributed by atoms with Gasteiger partial charge in [-0.05, 0) is 34.4 Å². The summed E-state index contributed by atoms with van der Waals surface area (Å²) in [5.41, 5.74) is 2.77. The molecule has 0 fully saturated rings. The molecule has 2 heterocycles. The van der Waals surface area contributed by atoms with E-state index in [1.807, 2.05) is 18.2 Å². The molecular weight excluding hydrogens is 334 g/mol. The van der Waals surface area contributed by atoms with E-state index in [0.29, 0.717) is 24.5 Å². The Bertz CT molecular complexity index is 950. The Morgan fingerprint density at radius 2 is 1.92 bits per heavy atom. The number of benzene rings is 2. The standard InChI is InChI=1S/C19H17N3O4/c1-25-16-8-6-15(7-9-16)22-17(19(24)26-20-22)18(23)21-11-10-13-4-2-3-5-14(13)12-21/h2-9H,10-12H2,1H3. The minimum Gasteiger partial charge on any atom is -0.538 e. The van der Waals surface area contributed by atoms with Crippen LogP contribution in [-0.2, 0) is 13.0 Å². The third-order valence-corrected chi connectivity index (χ3v) is 4.55. The average molecular weight is 351 g/mol. The van der Waals surface area contributed by atoms with Crippen LogP contribution in [0.15, 0.2) is 53.1 Å². The minimum absolute atomic E-state index is 0.102. The Kier molecular flexibility index (Phi) is 4.04. The van der Waals surface area contributed by atoms with E-state index in [9.17, 15) is 9.90 Å². The first-order valence-corrected chi connectivity index (χ1v) is 8.27. The molecule has 1 amide bonds. The molecule has 0 saturated carbocycles.